The van der Waals surface area contributed by atoms with Crippen molar-refractivity contribution in [2.45, 2.75) is 206 Å². The number of carbonyl (C=O) groups is 2. The van der Waals surface area contributed by atoms with Crippen molar-refractivity contribution in [3.63, 3.8) is 0 Å². The summed E-state index contributed by atoms with van der Waals surface area (Å²) >= 11 is 0. The van der Waals surface area contributed by atoms with Gasteiger partial charge >= 0.3 is 11.9 Å². The van der Waals surface area contributed by atoms with Gasteiger partial charge in [-0.25, -0.2) is 0 Å². The minimum atomic E-state index is -0.403. The van der Waals surface area contributed by atoms with E-state index in [9.17, 15) is 9.59 Å². The molecular weight excluding hydrogens is 512 g/mol. The monoisotopic (exact) mass is 579 g/mol. The summed E-state index contributed by atoms with van der Waals surface area (Å²) in [4.78, 5) is 24.2. The molecule has 1 aliphatic heterocycles. The first-order chi connectivity index (χ1) is 20.0. The minimum absolute atomic E-state index is 0.141. The Hall–Kier alpha value is -1.46. The number of hydrogen-bond acceptors (Lipinski definition) is 6. The Kier molecular flexibility index (Phi) is 24.0. The van der Waals surface area contributed by atoms with Crippen LogP contribution in [0.3, 0.4) is 0 Å². The van der Waals surface area contributed by atoms with E-state index < -0.39 is 6.10 Å². The van der Waals surface area contributed by atoms with E-state index in [1.54, 1.807) is 6.92 Å². The second-order valence-corrected chi connectivity index (χ2v) is 12.6. The van der Waals surface area contributed by atoms with E-state index in [4.69, 9.17) is 9.47 Å². The van der Waals surface area contributed by atoms with E-state index in [0.717, 1.165) is 38.5 Å². The highest BCUT2D eigenvalue weighted by atomic mass is 16.6. The molecule has 1 aliphatic rings. The molecule has 6 nitrogen and oxygen atoms in total. The molecule has 0 amide bonds. The third-order valence-corrected chi connectivity index (χ3v) is 8.32. The highest BCUT2D eigenvalue weighted by molar-refractivity contribution is 5.70. The van der Waals surface area contributed by atoms with E-state index in [1.807, 2.05) is 0 Å². The average molecular weight is 579 g/mol. The van der Waals surface area contributed by atoms with Gasteiger partial charge in [0, 0.05) is 12.8 Å². The Labute approximate surface area is 253 Å². The van der Waals surface area contributed by atoms with Gasteiger partial charge in [0.1, 0.15) is 12.7 Å². The maximum atomic E-state index is 12.2. The number of hydrogen-bond donors (Lipinski definition) is 0. The Bertz CT molecular complexity index is 661. The zero-order valence-electron chi connectivity index (χ0n) is 27.4. The van der Waals surface area contributed by atoms with Crippen molar-refractivity contribution in [3.05, 3.63) is 0 Å². The molecule has 6 heteroatoms. The van der Waals surface area contributed by atoms with Crippen molar-refractivity contribution in [2.24, 2.45) is 10.2 Å². The van der Waals surface area contributed by atoms with Crippen LogP contribution in [0, 0.1) is 0 Å². The molecule has 0 radical (unpaired) electrons. The Morgan fingerprint density at radius 2 is 0.902 bits per heavy atom. The summed E-state index contributed by atoms with van der Waals surface area (Å²) in [6, 6.07) is 0. The van der Waals surface area contributed by atoms with Crippen LogP contribution in [0.5, 0.6) is 0 Å². The lowest BCUT2D eigenvalue weighted by Gasteiger charge is -2.14. The van der Waals surface area contributed by atoms with Crippen molar-refractivity contribution < 1.29 is 19.1 Å². The summed E-state index contributed by atoms with van der Waals surface area (Å²) in [5.74, 6) is -0.401. The largest absolute Gasteiger partial charge is 0.462 e. The standard InChI is InChI=1S/C35H66N2O4/c1-4-6-8-10-12-14-15-16-17-18-19-21-23-27-33(38)40-31-32(3)41-34(39)28-24-26-30-35(36-37-35)29-25-22-20-13-11-9-7-5-2/h32H,4-31H2,1-3H3. The number of nitrogens with zero attached hydrogens (tertiary/aromatic N) is 2. The second kappa shape index (κ2) is 26.2. The fourth-order valence-corrected chi connectivity index (χ4v) is 5.50. The smallest absolute Gasteiger partial charge is 0.306 e. The minimum Gasteiger partial charge on any atom is -0.462 e. The fourth-order valence-electron chi connectivity index (χ4n) is 5.50. The molecule has 0 saturated heterocycles. The molecule has 0 aromatic carbocycles. The predicted molar refractivity (Wildman–Crippen MR) is 170 cm³/mol. The van der Waals surface area contributed by atoms with Gasteiger partial charge in [0.25, 0.3) is 0 Å². The zero-order valence-corrected chi connectivity index (χ0v) is 27.4. The first-order valence-electron chi connectivity index (χ1n) is 17.8. The van der Waals surface area contributed by atoms with Gasteiger partial charge in [-0.2, -0.15) is 10.2 Å². The number of rotatable bonds is 31. The fraction of sp³-hybridized carbons (Fsp3) is 0.943. The molecule has 0 bridgehead atoms. The number of esters is 2. The Balaban J connectivity index is 1.89. The SMILES string of the molecule is CCCCCCCCCCCCCCCC(=O)OCC(C)OC(=O)CCCCC1(CCCCCCCCCC)N=N1. The third-order valence-electron chi connectivity index (χ3n) is 8.32. The van der Waals surface area contributed by atoms with Gasteiger partial charge in [-0.3, -0.25) is 9.59 Å². The van der Waals surface area contributed by atoms with Crippen molar-refractivity contribution in [1.29, 1.82) is 0 Å². The van der Waals surface area contributed by atoms with Gasteiger partial charge < -0.3 is 9.47 Å². The summed E-state index contributed by atoms with van der Waals surface area (Å²) in [6.07, 6.45) is 31.4. The van der Waals surface area contributed by atoms with E-state index in [2.05, 4.69) is 24.1 Å². The normalized spacial score (nSPS) is 14.2. The molecule has 0 N–H and O–H groups in total. The molecule has 41 heavy (non-hydrogen) atoms. The van der Waals surface area contributed by atoms with Crippen molar-refractivity contribution in [2.75, 3.05) is 6.61 Å². The van der Waals surface area contributed by atoms with E-state index >= 15 is 0 Å². The van der Waals surface area contributed by atoms with Crippen LogP contribution < -0.4 is 0 Å². The predicted octanol–water partition coefficient (Wildman–Crippen LogP) is 11.2. The highest BCUT2D eigenvalue weighted by Crippen LogP contribution is 2.38. The molecule has 1 heterocycles. The van der Waals surface area contributed by atoms with Crippen molar-refractivity contribution in [3.8, 4) is 0 Å². The molecule has 0 fully saturated rings. The van der Waals surface area contributed by atoms with Crippen molar-refractivity contribution >= 4 is 11.9 Å². The summed E-state index contributed by atoms with van der Waals surface area (Å²) < 4.78 is 10.8. The van der Waals surface area contributed by atoms with Crippen LogP contribution in [-0.4, -0.2) is 30.3 Å². The molecule has 0 spiro atoms. The lowest BCUT2D eigenvalue weighted by molar-refractivity contribution is -0.158. The summed E-state index contributed by atoms with van der Waals surface area (Å²) in [5.41, 5.74) is -0.152. The third kappa shape index (κ3) is 23.8. The van der Waals surface area contributed by atoms with Crippen LogP contribution >= 0.6 is 0 Å². The van der Waals surface area contributed by atoms with Gasteiger partial charge in [-0.1, -0.05) is 136 Å². The zero-order chi connectivity index (χ0) is 29.9. The molecule has 0 aromatic rings. The summed E-state index contributed by atoms with van der Waals surface area (Å²) in [5, 5.41) is 8.63. The molecule has 1 unspecified atom stereocenters. The lowest BCUT2D eigenvalue weighted by atomic mass is 9.98. The molecule has 0 aromatic heterocycles. The van der Waals surface area contributed by atoms with Crippen LogP contribution in [0.1, 0.15) is 194 Å². The van der Waals surface area contributed by atoms with Crippen LogP contribution in [0.4, 0.5) is 0 Å². The topological polar surface area (TPSA) is 77.3 Å². The molecule has 240 valence electrons. The number of ether oxygens (including phenoxy) is 2. The van der Waals surface area contributed by atoms with E-state index in [1.165, 1.54) is 122 Å². The van der Waals surface area contributed by atoms with Crippen LogP contribution in [0.15, 0.2) is 10.2 Å². The van der Waals surface area contributed by atoms with Gasteiger partial charge in [0.15, 0.2) is 5.66 Å². The Morgan fingerprint density at radius 1 is 0.537 bits per heavy atom. The molecule has 0 aliphatic carbocycles. The molecule has 1 rings (SSSR count). The first kappa shape index (κ1) is 37.6. The average Bonchev–Trinajstić information content (AvgIpc) is 3.73. The Morgan fingerprint density at radius 3 is 1.37 bits per heavy atom. The van der Waals surface area contributed by atoms with Crippen molar-refractivity contribution in [1.82, 2.24) is 0 Å². The maximum Gasteiger partial charge on any atom is 0.306 e. The van der Waals surface area contributed by atoms with Gasteiger partial charge in [-0.15, -0.1) is 0 Å². The number of carbonyl (C=O) groups excluding carboxylic acids is 2. The molecular formula is C35H66N2O4. The molecule has 0 saturated carbocycles. The van der Waals surface area contributed by atoms with E-state index in [0.29, 0.717) is 12.8 Å². The number of unbranched alkanes of at least 4 members (excludes halogenated alkanes) is 20. The first-order valence-corrected chi connectivity index (χ1v) is 17.8. The lowest BCUT2D eigenvalue weighted by Crippen LogP contribution is -2.22. The quantitative estimate of drug-likeness (QED) is 0.0605. The summed E-state index contributed by atoms with van der Waals surface area (Å²) in [7, 11) is 0. The van der Waals surface area contributed by atoms with Crippen LogP contribution in [0.25, 0.3) is 0 Å². The van der Waals surface area contributed by atoms with Gasteiger partial charge in [0.2, 0.25) is 0 Å². The highest BCUT2D eigenvalue weighted by Gasteiger charge is 2.38. The van der Waals surface area contributed by atoms with Crippen LogP contribution in [-0.2, 0) is 19.1 Å². The van der Waals surface area contributed by atoms with Crippen LogP contribution in [0.2, 0.25) is 0 Å². The van der Waals surface area contributed by atoms with Gasteiger partial charge in [-0.05, 0) is 45.4 Å². The second-order valence-electron chi connectivity index (χ2n) is 12.6. The van der Waals surface area contributed by atoms with Gasteiger partial charge in [0.05, 0.1) is 0 Å². The maximum absolute atomic E-state index is 12.2. The molecule has 1 atom stereocenters. The van der Waals surface area contributed by atoms with E-state index in [-0.39, 0.29) is 24.2 Å². The summed E-state index contributed by atoms with van der Waals surface area (Å²) in [6.45, 7) is 6.45.